The molecular formula is C28H29F3N4O2S. The smallest absolute Gasteiger partial charge is 0.368 e. The van der Waals surface area contributed by atoms with Crippen LogP contribution >= 0.6 is 11.3 Å². The molecule has 0 saturated carbocycles. The Hall–Kier alpha value is -3.24. The Morgan fingerprint density at radius 2 is 1.63 bits per heavy atom. The van der Waals surface area contributed by atoms with Gasteiger partial charge in [0.1, 0.15) is 5.69 Å². The number of hydrogen-bond acceptors (Lipinski definition) is 6. The number of rotatable bonds is 6. The zero-order valence-electron chi connectivity index (χ0n) is 20.9. The van der Waals surface area contributed by atoms with Crippen molar-refractivity contribution in [2.75, 3.05) is 50.7 Å². The zero-order valence-corrected chi connectivity index (χ0v) is 21.7. The van der Waals surface area contributed by atoms with Crippen LogP contribution in [0.3, 0.4) is 0 Å². The molecule has 10 heteroatoms. The van der Waals surface area contributed by atoms with Gasteiger partial charge in [-0.1, -0.05) is 36.4 Å². The molecule has 2 aromatic carbocycles. The van der Waals surface area contributed by atoms with E-state index in [4.69, 9.17) is 0 Å². The first-order valence-electron chi connectivity index (χ1n) is 12.8. The van der Waals surface area contributed by atoms with Crippen LogP contribution in [-0.2, 0) is 6.18 Å². The SMILES string of the molecule is O=C(CN1CCC(c2nc(C(=O)N3CCN(c4cccc(C(F)(F)F)c4)CC3)cs2)CC1)c1ccccc1. The van der Waals surface area contributed by atoms with E-state index in [0.717, 1.165) is 48.6 Å². The van der Waals surface area contributed by atoms with Crippen molar-refractivity contribution in [2.24, 2.45) is 0 Å². The van der Waals surface area contributed by atoms with Crippen molar-refractivity contribution >= 4 is 28.7 Å². The largest absolute Gasteiger partial charge is 0.416 e. The number of thiazole rings is 1. The van der Waals surface area contributed by atoms with Crippen LogP contribution in [0.2, 0.25) is 0 Å². The van der Waals surface area contributed by atoms with Gasteiger partial charge in [-0.15, -0.1) is 11.3 Å². The molecule has 0 unspecified atom stereocenters. The van der Waals surface area contributed by atoms with Gasteiger partial charge in [-0.05, 0) is 44.1 Å². The summed E-state index contributed by atoms with van der Waals surface area (Å²) in [6, 6.07) is 14.6. The molecule has 0 N–H and O–H groups in total. The van der Waals surface area contributed by atoms with Crippen LogP contribution in [-0.4, -0.2) is 72.3 Å². The number of Topliss-reactive ketones (excluding diaryl/α,β-unsaturated/α-hetero) is 1. The third-order valence-electron chi connectivity index (χ3n) is 7.25. The first-order valence-corrected chi connectivity index (χ1v) is 13.6. The van der Waals surface area contributed by atoms with Gasteiger partial charge >= 0.3 is 6.18 Å². The number of carbonyl (C=O) groups is 2. The molecule has 2 saturated heterocycles. The van der Waals surface area contributed by atoms with Gasteiger partial charge in [-0.25, -0.2) is 4.98 Å². The number of halogens is 3. The summed E-state index contributed by atoms with van der Waals surface area (Å²) in [6.07, 6.45) is -2.61. The van der Waals surface area contributed by atoms with Gasteiger partial charge in [-0.3, -0.25) is 14.5 Å². The Balaban J connectivity index is 1.12. The van der Waals surface area contributed by atoms with E-state index < -0.39 is 11.7 Å². The summed E-state index contributed by atoms with van der Waals surface area (Å²) in [4.78, 5) is 36.0. The minimum Gasteiger partial charge on any atom is -0.368 e. The van der Waals surface area contributed by atoms with Crippen LogP contribution in [0.1, 0.15) is 50.2 Å². The van der Waals surface area contributed by atoms with E-state index in [1.54, 1.807) is 11.0 Å². The maximum absolute atomic E-state index is 13.1. The van der Waals surface area contributed by atoms with Crippen LogP contribution < -0.4 is 4.90 Å². The van der Waals surface area contributed by atoms with Crippen LogP contribution in [0.4, 0.5) is 18.9 Å². The van der Waals surface area contributed by atoms with Crippen molar-refractivity contribution in [3.05, 3.63) is 81.8 Å². The van der Waals surface area contributed by atoms with Gasteiger partial charge in [0.15, 0.2) is 5.78 Å². The summed E-state index contributed by atoms with van der Waals surface area (Å²) in [6.45, 7) is 3.80. The molecule has 2 aliphatic rings. The van der Waals surface area contributed by atoms with Crippen molar-refractivity contribution in [1.82, 2.24) is 14.8 Å². The Morgan fingerprint density at radius 1 is 0.921 bits per heavy atom. The van der Waals surface area contributed by atoms with Gasteiger partial charge in [0.25, 0.3) is 5.91 Å². The number of amides is 1. The van der Waals surface area contributed by atoms with Crippen molar-refractivity contribution in [2.45, 2.75) is 24.9 Å². The molecule has 0 aliphatic carbocycles. The number of carbonyl (C=O) groups excluding carboxylic acids is 2. The summed E-state index contributed by atoms with van der Waals surface area (Å²) in [7, 11) is 0. The van der Waals surface area contributed by atoms with E-state index in [1.165, 1.54) is 17.4 Å². The normalized spacial score (nSPS) is 17.6. The highest BCUT2D eigenvalue weighted by Gasteiger charge is 2.32. The van der Waals surface area contributed by atoms with Crippen molar-refractivity contribution < 1.29 is 22.8 Å². The molecular weight excluding hydrogens is 513 g/mol. The first-order chi connectivity index (χ1) is 18.3. The van der Waals surface area contributed by atoms with Crippen LogP contribution in [0.15, 0.2) is 60.0 Å². The fourth-order valence-corrected chi connectivity index (χ4v) is 6.00. The number of benzene rings is 2. The molecule has 200 valence electrons. The van der Waals surface area contributed by atoms with Crippen molar-refractivity contribution in [3.63, 3.8) is 0 Å². The lowest BCUT2D eigenvalue weighted by atomic mass is 9.97. The van der Waals surface area contributed by atoms with Crippen LogP contribution in [0, 0.1) is 0 Å². The second-order valence-electron chi connectivity index (χ2n) is 9.74. The lowest BCUT2D eigenvalue weighted by Crippen LogP contribution is -2.49. The van der Waals surface area contributed by atoms with Gasteiger partial charge < -0.3 is 9.80 Å². The second kappa shape index (κ2) is 11.2. The van der Waals surface area contributed by atoms with Gasteiger partial charge in [-0.2, -0.15) is 13.2 Å². The van der Waals surface area contributed by atoms with E-state index in [1.807, 2.05) is 40.6 Å². The lowest BCUT2D eigenvalue weighted by Gasteiger charge is -2.36. The third-order valence-corrected chi connectivity index (χ3v) is 8.25. The summed E-state index contributed by atoms with van der Waals surface area (Å²) in [5, 5.41) is 2.76. The molecule has 6 nitrogen and oxygen atoms in total. The maximum atomic E-state index is 13.1. The zero-order chi connectivity index (χ0) is 26.7. The predicted molar refractivity (Wildman–Crippen MR) is 141 cm³/mol. The Labute approximate surface area is 223 Å². The summed E-state index contributed by atoms with van der Waals surface area (Å²) in [5.41, 5.74) is 1.00. The van der Waals surface area contributed by atoms with Gasteiger partial charge in [0.2, 0.25) is 0 Å². The monoisotopic (exact) mass is 542 g/mol. The van der Waals surface area contributed by atoms with E-state index in [9.17, 15) is 22.8 Å². The lowest BCUT2D eigenvalue weighted by molar-refractivity contribution is -0.137. The van der Waals surface area contributed by atoms with E-state index in [2.05, 4.69) is 9.88 Å². The fourth-order valence-electron chi connectivity index (χ4n) is 5.04. The maximum Gasteiger partial charge on any atom is 0.416 e. The second-order valence-corrected chi connectivity index (χ2v) is 10.6. The summed E-state index contributed by atoms with van der Waals surface area (Å²) >= 11 is 1.50. The molecule has 2 aliphatic heterocycles. The number of piperazine rings is 1. The number of aromatic nitrogens is 1. The number of ketones is 1. The van der Waals surface area contributed by atoms with Crippen LogP contribution in [0.5, 0.6) is 0 Å². The van der Waals surface area contributed by atoms with Crippen molar-refractivity contribution in [3.8, 4) is 0 Å². The molecule has 2 fully saturated rings. The topological polar surface area (TPSA) is 56.8 Å². The van der Waals surface area contributed by atoms with E-state index in [0.29, 0.717) is 44.1 Å². The highest BCUT2D eigenvalue weighted by Crippen LogP contribution is 2.33. The minimum absolute atomic E-state index is 0.124. The number of hydrogen-bond donors (Lipinski definition) is 0. The minimum atomic E-state index is -4.38. The highest BCUT2D eigenvalue weighted by atomic mass is 32.1. The number of piperidine rings is 1. The summed E-state index contributed by atoms with van der Waals surface area (Å²) in [5.74, 6) is 0.254. The fraction of sp³-hybridized carbons (Fsp3) is 0.393. The third kappa shape index (κ3) is 6.07. The quantitative estimate of drug-likeness (QED) is 0.402. The number of likely N-dealkylation sites (tertiary alicyclic amines) is 1. The standard InChI is InChI=1S/C28H29F3N4O2S/c29-28(30,31)22-7-4-8-23(17-22)34-13-15-35(16-14-34)27(37)24-19-38-26(32-24)21-9-11-33(12-10-21)18-25(36)20-5-2-1-3-6-20/h1-8,17,19,21H,9-16,18H2. The number of anilines is 1. The molecule has 1 aromatic heterocycles. The molecule has 0 bridgehead atoms. The highest BCUT2D eigenvalue weighted by molar-refractivity contribution is 7.09. The molecule has 38 heavy (non-hydrogen) atoms. The average molecular weight is 543 g/mol. The molecule has 3 heterocycles. The predicted octanol–water partition coefficient (Wildman–Crippen LogP) is 5.19. The molecule has 0 spiro atoms. The molecule has 0 radical (unpaired) electrons. The Morgan fingerprint density at radius 3 is 2.32 bits per heavy atom. The Bertz CT molecular complexity index is 1260. The molecule has 5 rings (SSSR count). The average Bonchev–Trinajstić information content (AvgIpc) is 3.44. The van der Waals surface area contributed by atoms with Crippen LogP contribution in [0.25, 0.3) is 0 Å². The summed E-state index contributed by atoms with van der Waals surface area (Å²) < 4.78 is 39.2. The molecule has 0 atom stereocenters. The first kappa shape index (κ1) is 26.4. The number of nitrogens with zero attached hydrogens (tertiary/aromatic N) is 4. The van der Waals surface area contributed by atoms with Gasteiger partial charge in [0, 0.05) is 48.7 Å². The van der Waals surface area contributed by atoms with Crippen molar-refractivity contribution in [1.29, 1.82) is 0 Å². The van der Waals surface area contributed by atoms with Gasteiger partial charge in [0.05, 0.1) is 17.1 Å². The molecule has 1 amide bonds. The Kier molecular flexibility index (Phi) is 7.80. The number of alkyl halides is 3. The van der Waals surface area contributed by atoms with E-state index >= 15 is 0 Å². The van der Waals surface area contributed by atoms with E-state index in [-0.39, 0.29) is 17.6 Å². The molecule has 3 aromatic rings.